The van der Waals surface area contributed by atoms with E-state index in [-0.39, 0.29) is 6.09 Å². The minimum absolute atomic E-state index is 0.157. The number of ether oxygens (including phenoxy) is 1. The Labute approximate surface area is 110 Å². The van der Waals surface area contributed by atoms with Crippen LogP contribution in [0.2, 0.25) is 0 Å². The Hall–Kier alpha value is -0.770. The van der Waals surface area contributed by atoms with Crippen molar-refractivity contribution in [3.05, 3.63) is 0 Å². The van der Waals surface area contributed by atoms with Gasteiger partial charge >= 0.3 is 6.09 Å². The van der Waals surface area contributed by atoms with Crippen LogP contribution in [-0.4, -0.2) is 35.7 Å². The van der Waals surface area contributed by atoms with Gasteiger partial charge in [-0.3, -0.25) is 0 Å². The zero-order valence-corrected chi connectivity index (χ0v) is 11.8. The van der Waals surface area contributed by atoms with E-state index in [1.807, 2.05) is 25.7 Å². The van der Waals surface area contributed by atoms with Gasteiger partial charge in [0.05, 0.1) is 0 Å². The summed E-state index contributed by atoms with van der Waals surface area (Å²) in [5.74, 6) is 1.35. The largest absolute Gasteiger partial charge is 0.444 e. The van der Waals surface area contributed by atoms with Crippen LogP contribution in [0, 0.1) is 11.8 Å². The molecule has 0 aromatic heterocycles. The highest BCUT2D eigenvalue weighted by Gasteiger charge is 2.36. The van der Waals surface area contributed by atoms with Gasteiger partial charge in [-0.15, -0.1) is 0 Å². The Morgan fingerprint density at radius 1 is 1.22 bits per heavy atom. The molecule has 3 atom stereocenters. The molecule has 0 aromatic carbocycles. The van der Waals surface area contributed by atoms with Gasteiger partial charge in [0.15, 0.2) is 0 Å². The molecular weight excluding hydrogens is 228 g/mol. The minimum atomic E-state index is -0.400. The number of carbonyl (C=O) groups excluding carboxylic acids is 1. The highest BCUT2D eigenvalue weighted by molar-refractivity contribution is 5.68. The molecule has 2 N–H and O–H groups in total. The third-order valence-corrected chi connectivity index (χ3v) is 4.06. The molecule has 2 aliphatic rings. The summed E-state index contributed by atoms with van der Waals surface area (Å²) in [5.41, 5.74) is 5.61. The maximum atomic E-state index is 12.0. The fourth-order valence-corrected chi connectivity index (χ4v) is 3.15. The number of hydrogen-bond donors (Lipinski definition) is 1. The fourth-order valence-electron chi connectivity index (χ4n) is 3.15. The third-order valence-electron chi connectivity index (χ3n) is 4.06. The highest BCUT2D eigenvalue weighted by Crippen LogP contribution is 2.36. The van der Waals surface area contributed by atoms with Gasteiger partial charge in [-0.05, 0) is 58.3 Å². The highest BCUT2D eigenvalue weighted by atomic mass is 16.6. The van der Waals surface area contributed by atoms with Crippen molar-refractivity contribution >= 4 is 6.09 Å². The van der Waals surface area contributed by atoms with Gasteiger partial charge in [-0.1, -0.05) is 0 Å². The van der Waals surface area contributed by atoms with Crippen LogP contribution in [0.3, 0.4) is 0 Å². The average Bonchev–Trinajstić information content (AvgIpc) is 2.26. The predicted molar refractivity (Wildman–Crippen MR) is 71.2 cm³/mol. The lowest BCUT2D eigenvalue weighted by molar-refractivity contribution is 0.00464. The number of nitrogens with zero attached hydrogens (tertiary/aromatic N) is 1. The van der Waals surface area contributed by atoms with Crippen molar-refractivity contribution in [3.63, 3.8) is 0 Å². The molecule has 18 heavy (non-hydrogen) atoms. The molecule has 0 spiro atoms. The minimum Gasteiger partial charge on any atom is -0.444 e. The van der Waals surface area contributed by atoms with E-state index in [1.54, 1.807) is 0 Å². The van der Waals surface area contributed by atoms with Crippen LogP contribution in [0.5, 0.6) is 0 Å². The summed E-state index contributed by atoms with van der Waals surface area (Å²) < 4.78 is 5.44. The van der Waals surface area contributed by atoms with Crippen molar-refractivity contribution in [1.29, 1.82) is 0 Å². The summed E-state index contributed by atoms with van der Waals surface area (Å²) in [6.45, 7) is 7.42. The molecular formula is C14H26N2O2. The normalized spacial score (nSPS) is 32.9. The van der Waals surface area contributed by atoms with Crippen molar-refractivity contribution in [2.45, 2.75) is 58.1 Å². The molecule has 1 aliphatic carbocycles. The monoisotopic (exact) mass is 254 g/mol. The van der Waals surface area contributed by atoms with Crippen molar-refractivity contribution in [2.75, 3.05) is 13.1 Å². The summed E-state index contributed by atoms with van der Waals surface area (Å²) in [7, 11) is 0. The lowest BCUT2D eigenvalue weighted by Gasteiger charge is -2.43. The van der Waals surface area contributed by atoms with Crippen LogP contribution >= 0.6 is 0 Å². The van der Waals surface area contributed by atoms with E-state index in [2.05, 4.69) is 0 Å². The Morgan fingerprint density at radius 3 is 2.61 bits per heavy atom. The summed E-state index contributed by atoms with van der Waals surface area (Å²) in [5, 5.41) is 0. The number of piperidine rings is 1. The van der Waals surface area contributed by atoms with Gasteiger partial charge in [0.25, 0.3) is 0 Å². The fraction of sp³-hybridized carbons (Fsp3) is 0.929. The van der Waals surface area contributed by atoms with E-state index in [0.29, 0.717) is 17.9 Å². The second-order valence-corrected chi connectivity index (χ2v) is 6.81. The summed E-state index contributed by atoms with van der Waals surface area (Å²) >= 11 is 0. The summed E-state index contributed by atoms with van der Waals surface area (Å²) in [6, 6.07) is 0.374. The maximum absolute atomic E-state index is 12.0. The van der Waals surface area contributed by atoms with Crippen molar-refractivity contribution in [3.8, 4) is 0 Å². The van der Waals surface area contributed by atoms with Crippen LogP contribution in [0.15, 0.2) is 0 Å². The van der Waals surface area contributed by atoms with E-state index >= 15 is 0 Å². The van der Waals surface area contributed by atoms with E-state index in [0.717, 1.165) is 38.8 Å². The van der Waals surface area contributed by atoms with Gasteiger partial charge in [-0.25, -0.2) is 4.79 Å². The number of hydrogen-bond acceptors (Lipinski definition) is 3. The standard InChI is InChI=1S/C14H26N2O2/c1-14(2,3)18-13(17)16-7-6-10-8-12(15)5-4-11(10)9-16/h10-12H,4-9,15H2,1-3H3. The van der Waals surface area contributed by atoms with Crippen LogP contribution in [0.25, 0.3) is 0 Å². The zero-order valence-electron chi connectivity index (χ0n) is 11.8. The molecule has 1 saturated carbocycles. The number of fused-ring (bicyclic) bond motifs is 1. The smallest absolute Gasteiger partial charge is 0.410 e. The number of likely N-dealkylation sites (tertiary alicyclic amines) is 1. The quantitative estimate of drug-likeness (QED) is 0.722. The van der Waals surface area contributed by atoms with Crippen LogP contribution in [0.1, 0.15) is 46.5 Å². The average molecular weight is 254 g/mol. The molecule has 4 nitrogen and oxygen atoms in total. The summed E-state index contributed by atoms with van der Waals surface area (Å²) in [4.78, 5) is 13.9. The first kappa shape index (κ1) is 13.7. The Kier molecular flexibility index (Phi) is 3.85. The topological polar surface area (TPSA) is 55.6 Å². The molecule has 104 valence electrons. The van der Waals surface area contributed by atoms with Gasteiger partial charge in [-0.2, -0.15) is 0 Å². The number of rotatable bonds is 0. The van der Waals surface area contributed by atoms with Gasteiger partial charge in [0.1, 0.15) is 5.60 Å². The van der Waals surface area contributed by atoms with Crippen molar-refractivity contribution in [2.24, 2.45) is 17.6 Å². The van der Waals surface area contributed by atoms with Crippen molar-refractivity contribution < 1.29 is 9.53 Å². The molecule has 1 heterocycles. The first-order chi connectivity index (χ1) is 8.35. The van der Waals surface area contributed by atoms with Gasteiger partial charge < -0.3 is 15.4 Å². The van der Waals surface area contributed by atoms with E-state index < -0.39 is 5.60 Å². The molecule has 1 amide bonds. The molecule has 3 unspecified atom stereocenters. The van der Waals surface area contributed by atoms with Crippen molar-refractivity contribution in [1.82, 2.24) is 4.90 Å². The number of carbonyl (C=O) groups is 1. The van der Waals surface area contributed by atoms with Crippen LogP contribution < -0.4 is 5.73 Å². The van der Waals surface area contributed by atoms with Crippen LogP contribution in [-0.2, 0) is 4.74 Å². The van der Waals surface area contributed by atoms with E-state index in [1.165, 1.54) is 0 Å². The molecule has 1 saturated heterocycles. The molecule has 4 heteroatoms. The molecule has 1 aliphatic heterocycles. The van der Waals surface area contributed by atoms with E-state index in [9.17, 15) is 4.79 Å². The zero-order chi connectivity index (χ0) is 13.3. The first-order valence-corrected chi connectivity index (χ1v) is 7.08. The number of amides is 1. The lowest BCUT2D eigenvalue weighted by atomic mass is 9.73. The molecule has 2 rings (SSSR count). The SMILES string of the molecule is CC(C)(C)OC(=O)N1CCC2CC(N)CCC2C1. The maximum Gasteiger partial charge on any atom is 0.410 e. The van der Waals surface area contributed by atoms with Gasteiger partial charge in [0.2, 0.25) is 0 Å². The second-order valence-electron chi connectivity index (χ2n) is 6.81. The third kappa shape index (κ3) is 3.37. The van der Waals surface area contributed by atoms with Gasteiger partial charge in [0, 0.05) is 19.1 Å². The van der Waals surface area contributed by atoms with Crippen LogP contribution in [0.4, 0.5) is 4.79 Å². The Balaban J connectivity index is 1.89. The molecule has 2 fully saturated rings. The number of nitrogens with two attached hydrogens (primary N) is 1. The second kappa shape index (κ2) is 5.08. The lowest BCUT2D eigenvalue weighted by Crippen LogP contribution is -2.48. The first-order valence-electron chi connectivity index (χ1n) is 7.08. The summed E-state index contributed by atoms with van der Waals surface area (Å²) in [6.07, 6.45) is 4.31. The molecule has 0 aromatic rings. The Morgan fingerprint density at radius 2 is 1.94 bits per heavy atom. The molecule has 0 radical (unpaired) electrons. The molecule has 0 bridgehead atoms. The predicted octanol–water partition coefficient (Wildman–Crippen LogP) is 2.37. The van der Waals surface area contributed by atoms with E-state index in [4.69, 9.17) is 10.5 Å². The Bertz CT molecular complexity index is 311.